The number of carbonyl (C=O) groups is 1. The fourth-order valence-corrected chi connectivity index (χ4v) is 2.42. The van der Waals surface area contributed by atoms with Gasteiger partial charge in [-0.2, -0.15) is 0 Å². The van der Waals surface area contributed by atoms with Gasteiger partial charge in [0, 0.05) is 6.54 Å². The summed E-state index contributed by atoms with van der Waals surface area (Å²) in [5.74, 6) is 1.32. The number of carbonyl (C=O) groups excluding carboxylic acids is 1. The summed E-state index contributed by atoms with van der Waals surface area (Å²) < 4.78 is 5.01. The summed E-state index contributed by atoms with van der Waals surface area (Å²) in [5.41, 5.74) is 0.246. The van der Waals surface area contributed by atoms with Gasteiger partial charge in [0.1, 0.15) is 0 Å². The molecule has 2 N–H and O–H groups in total. The maximum absolute atomic E-state index is 12.2. The lowest BCUT2D eigenvalue weighted by atomic mass is 9.85. The van der Waals surface area contributed by atoms with E-state index in [0.29, 0.717) is 30.0 Å². The molecule has 0 bridgehead atoms. The number of ether oxygens (including phenoxy) is 1. The van der Waals surface area contributed by atoms with Crippen LogP contribution < -0.4 is 10.1 Å². The Bertz CT molecular complexity index is 447. The van der Waals surface area contributed by atoms with E-state index in [1.807, 2.05) is 0 Å². The van der Waals surface area contributed by atoms with Crippen LogP contribution in [-0.4, -0.2) is 24.7 Å². The molecule has 0 saturated heterocycles. The first kappa shape index (κ1) is 16.3. The Morgan fingerprint density at radius 3 is 2.35 bits per heavy atom. The van der Waals surface area contributed by atoms with Gasteiger partial charge < -0.3 is 15.2 Å². The van der Waals surface area contributed by atoms with Crippen molar-refractivity contribution in [1.29, 1.82) is 0 Å². The van der Waals surface area contributed by atoms with Crippen molar-refractivity contribution in [2.45, 2.75) is 27.7 Å². The molecule has 0 radical (unpaired) electrons. The van der Waals surface area contributed by atoms with Crippen molar-refractivity contribution in [1.82, 2.24) is 5.32 Å². The lowest BCUT2D eigenvalue weighted by Gasteiger charge is -2.25. The first-order valence-electron chi connectivity index (χ1n) is 7.02. The van der Waals surface area contributed by atoms with Crippen LogP contribution in [0.3, 0.4) is 0 Å². The van der Waals surface area contributed by atoms with Crippen LogP contribution in [0.25, 0.3) is 0 Å². The predicted molar refractivity (Wildman–Crippen MR) is 80.2 cm³/mol. The number of nitrogens with one attached hydrogen (secondary N) is 1. The number of para-hydroxylation sites is 1. The highest BCUT2D eigenvalue weighted by Gasteiger charge is 2.20. The minimum absolute atomic E-state index is 0.113. The van der Waals surface area contributed by atoms with E-state index < -0.39 is 0 Å². The second-order valence-electron chi connectivity index (χ2n) is 5.72. The molecule has 0 spiro atoms. The molecule has 0 aliphatic heterocycles. The van der Waals surface area contributed by atoms with Gasteiger partial charge in [-0.1, -0.05) is 33.8 Å². The number of hydrogen-bond acceptors (Lipinski definition) is 3. The quantitative estimate of drug-likeness (QED) is 0.841. The van der Waals surface area contributed by atoms with Crippen LogP contribution in [0.1, 0.15) is 38.1 Å². The minimum atomic E-state index is -0.271. The van der Waals surface area contributed by atoms with Gasteiger partial charge in [0.2, 0.25) is 0 Å². The van der Waals surface area contributed by atoms with Gasteiger partial charge in [-0.3, -0.25) is 4.79 Å². The minimum Gasteiger partial charge on any atom is -0.504 e. The first-order valence-corrected chi connectivity index (χ1v) is 7.02. The molecule has 112 valence electrons. The Balaban J connectivity index is 2.77. The summed E-state index contributed by atoms with van der Waals surface area (Å²) in [6.45, 7) is 9.21. The molecule has 0 aliphatic carbocycles. The Morgan fingerprint density at radius 2 is 1.85 bits per heavy atom. The highest BCUT2D eigenvalue weighted by atomic mass is 16.5. The molecule has 0 heterocycles. The normalized spacial score (nSPS) is 11.2. The number of methoxy groups -OCH3 is 1. The van der Waals surface area contributed by atoms with Crippen molar-refractivity contribution in [2.24, 2.45) is 17.8 Å². The zero-order valence-electron chi connectivity index (χ0n) is 12.9. The van der Waals surface area contributed by atoms with E-state index >= 15 is 0 Å². The third-order valence-corrected chi connectivity index (χ3v) is 3.67. The van der Waals surface area contributed by atoms with Crippen LogP contribution in [-0.2, 0) is 0 Å². The van der Waals surface area contributed by atoms with Gasteiger partial charge in [-0.15, -0.1) is 0 Å². The van der Waals surface area contributed by atoms with Crippen LogP contribution in [0.2, 0.25) is 0 Å². The standard InChI is InChI=1S/C16H25NO3/c1-10(2)13(11(3)4)9-17-16(19)12-7-6-8-14(20-5)15(12)18/h6-8,10-11,13,18H,9H2,1-5H3,(H,17,19). The molecule has 20 heavy (non-hydrogen) atoms. The predicted octanol–water partition coefficient (Wildman–Crippen LogP) is 3.06. The highest BCUT2D eigenvalue weighted by molar-refractivity contribution is 5.97. The van der Waals surface area contributed by atoms with Gasteiger partial charge >= 0.3 is 0 Å². The van der Waals surface area contributed by atoms with Gasteiger partial charge in [0.15, 0.2) is 11.5 Å². The second-order valence-corrected chi connectivity index (χ2v) is 5.72. The molecule has 0 unspecified atom stereocenters. The first-order chi connectivity index (χ1) is 9.38. The molecule has 1 amide bonds. The molecular weight excluding hydrogens is 254 g/mol. The van der Waals surface area contributed by atoms with Crippen molar-refractivity contribution in [3.63, 3.8) is 0 Å². The molecule has 0 aromatic heterocycles. The Hall–Kier alpha value is -1.71. The summed E-state index contributed by atoms with van der Waals surface area (Å²) in [5, 5.41) is 12.9. The van der Waals surface area contributed by atoms with Gasteiger partial charge in [-0.25, -0.2) is 0 Å². The zero-order valence-corrected chi connectivity index (χ0v) is 12.9. The molecule has 0 fully saturated rings. The van der Waals surface area contributed by atoms with E-state index in [0.717, 1.165) is 0 Å². The monoisotopic (exact) mass is 279 g/mol. The summed E-state index contributed by atoms with van der Waals surface area (Å²) in [7, 11) is 1.46. The van der Waals surface area contributed by atoms with E-state index in [9.17, 15) is 9.90 Å². The van der Waals surface area contributed by atoms with Gasteiger partial charge in [0.25, 0.3) is 5.91 Å². The maximum atomic E-state index is 12.2. The van der Waals surface area contributed by atoms with Crippen LogP contribution in [0.5, 0.6) is 11.5 Å². The Kier molecular flexibility index (Phi) is 5.86. The van der Waals surface area contributed by atoms with E-state index in [-0.39, 0.29) is 17.2 Å². The third-order valence-electron chi connectivity index (χ3n) is 3.67. The number of benzene rings is 1. The van der Waals surface area contributed by atoms with Crippen molar-refractivity contribution in [3.8, 4) is 11.5 Å². The molecule has 0 aliphatic rings. The van der Waals surface area contributed by atoms with E-state index in [1.165, 1.54) is 7.11 Å². The fourth-order valence-electron chi connectivity index (χ4n) is 2.42. The zero-order chi connectivity index (χ0) is 15.3. The fraction of sp³-hybridized carbons (Fsp3) is 0.562. The lowest BCUT2D eigenvalue weighted by molar-refractivity contribution is 0.0934. The van der Waals surface area contributed by atoms with Crippen LogP contribution in [0.15, 0.2) is 18.2 Å². The molecular formula is C16H25NO3. The number of amides is 1. The van der Waals surface area contributed by atoms with Crippen molar-refractivity contribution < 1.29 is 14.6 Å². The smallest absolute Gasteiger partial charge is 0.255 e. The highest BCUT2D eigenvalue weighted by Crippen LogP contribution is 2.29. The SMILES string of the molecule is COc1cccc(C(=O)NCC(C(C)C)C(C)C)c1O. The van der Waals surface area contributed by atoms with E-state index in [4.69, 9.17) is 4.74 Å². The number of hydrogen-bond donors (Lipinski definition) is 2. The number of aromatic hydroxyl groups is 1. The van der Waals surface area contributed by atoms with Crippen LogP contribution in [0, 0.1) is 17.8 Å². The van der Waals surface area contributed by atoms with E-state index in [2.05, 4.69) is 33.0 Å². The Labute approximate surface area is 121 Å². The van der Waals surface area contributed by atoms with Crippen molar-refractivity contribution in [3.05, 3.63) is 23.8 Å². The average molecular weight is 279 g/mol. The molecule has 4 heteroatoms. The van der Waals surface area contributed by atoms with Crippen molar-refractivity contribution >= 4 is 5.91 Å². The van der Waals surface area contributed by atoms with E-state index in [1.54, 1.807) is 18.2 Å². The summed E-state index contributed by atoms with van der Waals surface area (Å²) in [4.78, 5) is 12.2. The van der Waals surface area contributed by atoms with Crippen LogP contribution in [0.4, 0.5) is 0 Å². The molecule has 1 aromatic carbocycles. The van der Waals surface area contributed by atoms with Crippen LogP contribution >= 0.6 is 0 Å². The molecule has 1 aromatic rings. The van der Waals surface area contributed by atoms with Gasteiger partial charge in [0.05, 0.1) is 12.7 Å². The molecule has 0 atom stereocenters. The van der Waals surface area contributed by atoms with Crippen molar-refractivity contribution in [2.75, 3.05) is 13.7 Å². The second kappa shape index (κ2) is 7.17. The number of rotatable bonds is 6. The topological polar surface area (TPSA) is 58.6 Å². The molecule has 4 nitrogen and oxygen atoms in total. The Morgan fingerprint density at radius 1 is 1.25 bits per heavy atom. The summed E-state index contributed by atoms with van der Waals surface area (Å²) in [6.07, 6.45) is 0. The summed E-state index contributed by atoms with van der Waals surface area (Å²) >= 11 is 0. The summed E-state index contributed by atoms with van der Waals surface area (Å²) in [6, 6.07) is 4.90. The number of phenolic OH excluding ortho intramolecular Hbond substituents is 1. The molecule has 1 rings (SSSR count). The average Bonchev–Trinajstić information content (AvgIpc) is 2.38. The molecule has 0 saturated carbocycles. The lowest BCUT2D eigenvalue weighted by Crippen LogP contribution is -2.34. The third kappa shape index (κ3) is 3.89. The largest absolute Gasteiger partial charge is 0.504 e. The maximum Gasteiger partial charge on any atom is 0.255 e. The van der Waals surface area contributed by atoms with Gasteiger partial charge in [-0.05, 0) is 29.9 Å². The number of phenols is 1.